The molecule has 0 heterocycles. The number of anilines is 1. The van der Waals surface area contributed by atoms with E-state index < -0.39 is 29.2 Å². The Bertz CT molecular complexity index is 1090. The van der Waals surface area contributed by atoms with Gasteiger partial charge in [-0.3, -0.25) is 4.79 Å². The lowest BCUT2D eigenvalue weighted by atomic mass is 9.98. The lowest BCUT2D eigenvalue weighted by Crippen LogP contribution is -2.29. The number of benzene rings is 3. The lowest BCUT2D eigenvalue weighted by Gasteiger charge is -2.27. The van der Waals surface area contributed by atoms with Crippen molar-refractivity contribution in [3.63, 3.8) is 0 Å². The first-order valence-electron chi connectivity index (χ1n) is 9.39. The fraction of sp³-hybridized carbons (Fsp3) is 0.174. The predicted octanol–water partition coefficient (Wildman–Crippen LogP) is 5.32. The van der Waals surface area contributed by atoms with E-state index in [9.17, 15) is 18.7 Å². The minimum absolute atomic E-state index is 0.148. The van der Waals surface area contributed by atoms with E-state index in [0.29, 0.717) is 5.69 Å². The number of aryl methyl sites for hydroxylation is 2. The van der Waals surface area contributed by atoms with Gasteiger partial charge in [0, 0.05) is 15.5 Å². The number of hydrogen-bond donors (Lipinski definition) is 2. The van der Waals surface area contributed by atoms with Gasteiger partial charge < -0.3 is 15.1 Å². The molecule has 0 aliphatic heterocycles. The van der Waals surface area contributed by atoms with E-state index in [1.807, 2.05) is 32.0 Å². The molecule has 162 valence electrons. The highest BCUT2D eigenvalue weighted by atomic mass is 35.5. The van der Waals surface area contributed by atoms with Crippen LogP contribution in [0.25, 0.3) is 0 Å². The average Bonchev–Trinajstić information content (AvgIpc) is 2.66. The van der Waals surface area contributed by atoms with E-state index in [1.165, 1.54) is 24.1 Å². The smallest absolute Gasteiger partial charge is 0.238 e. The van der Waals surface area contributed by atoms with Gasteiger partial charge in [0.25, 0.3) is 0 Å². The zero-order chi connectivity index (χ0) is 22.7. The van der Waals surface area contributed by atoms with Crippen LogP contribution in [0.4, 0.5) is 14.5 Å². The summed E-state index contributed by atoms with van der Waals surface area (Å²) < 4.78 is 30.3. The molecule has 3 aromatic rings. The van der Waals surface area contributed by atoms with E-state index in [4.69, 9.17) is 17.3 Å². The minimum Gasteiger partial charge on any atom is -0.383 e. The van der Waals surface area contributed by atoms with Crippen molar-refractivity contribution in [1.29, 1.82) is 0 Å². The van der Waals surface area contributed by atoms with Gasteiger partial charge in [-0.1, -0.05) is 23.7 Å². The zero-order valence-corrected chi connectivity index (χ0v) is 18.5. The van der Waals surface area contributed by atoms with Crippen LogP contribution in [0.1, 0.15) is 28.4 Å². The van der Waals surface area contributed by atoms with Crippen molar-refractivity contribution in [3.05, 3.63) is 93.5 Å². The molecule has 0 spiro atoms. The highest BCUT2D eigenvalue weighted by Crippen LogP contribution is 2.39. The topological polar surface area (TPSA) is 66.6 Å². The summed E-state index contributed by atoms with van der Waals surface area (Å²) in [4.78, 5) is 12.6. The third kappa shape index (κ3) is 5.55. The molecule has 0 saturated heterocycles. The molecule has 3 aromatic carbocycles. The molecule has 0 aliphatic rings. The summed E-state index contributed by atoms with van der Waals surface area (Å²) in [5, 5.41) is 11.2. The summed E-state index contributed by atoms with van der Waals surface area (Å²) in [6.45, 7) is 3.71. The Hall–Kier alpha value is -2.61. The molecular weight excluding hydrogens is 442 g/mol. The van der Waals surface area contributed by atoms with Crippen LogP contribution in [0.5, 0.6) is 0 Å². The molecule has 8 heteroatoms. The van der Waals surface area contributed by atoms with Crippen LogP contribution in [0.3, 0.4) is 0 Å². The van der Waals surface area contributed by atoms with Gasteiger partial charge in [0.1, 0.15) is 24.3 Å². The standard InChI is InChI=1S/C23H21ClF2N2O2S/c1-13-8-14(2)10-16(9-13)31-28(12-21(27)29)20-7-6-15(24)11-17(20)23(30)22-18(25)4-3-5-19(22)26/h3-11,23,30H,12H2,1-2H3,(H2,27,29). The predicted molar refractivity (Wildman–Crippen MR) is 120 cm³/mol. The largest absolute Gasteiger partial charge is 0.383 e. The number of rotatable bonds is 7. The number of primary amides is 1. The van der Waals surface area contributed by atoms with Gasteiger partial charge in [0.05, 0.1) is 11.3 Å². The molecule has 1 unspecified atom stereocenters. The highest BCUT2D eigenvalue weighted by molar-refractivity contribution is 8.00. The molecule has 0 aromatic heterocycles. The number of nitrogens with two attached hydrogens (primary N) is 1. The van der Waals surface area contributed by atoms with E-state index >= 15 is 0 Å². The van der Waals surface area contributed by atoms with E-state index in [-0.39, 0.29) is 17.1 Å². The Morgan fingerprint density at radius 1 is 1.10 bits per heavy atom. The second-order valence-electron chi connectivity index (χ2n) is 7.16. The highest BCUT2D eigenvalue weighted by Gasteiger charge is 2.25. The maximum absolute atomic E-state index is 14.3. The van der Waals surface area contributed by atoms with E-state index in [1.54, 1.807) is 16.4 Å². The van der Waals surface area contributed by atoms with Crippen molar-refractivity contribution in [2.45, 2.75) is 24.8 Å². The van der Waals surface area contributed by atoms with Gasteiger partial charge in [0.15, 0.2) is 0 Å². The Balaban J connectivity index is 2.10. The normalized spacial score (nSPS) is 11.9. The number of aliphatic hydroxyl groups is 1. The molecule has 3 rings (SSSR count). The van der Waals surface area contributed by atoms with Gasteiger partial charge in [-0.25, -0.2) is 8.78 Å². The molecule has 0 fully saturated rings. The second kappa shape index (κ2) is 9.68. The monoisotopic (exact) mass is 462 g/mol. The minimum atomic E-state index is -1.65. The fourth-order valence-corrected chi connectivity index (χ4v) is 4.69. The molecule has 0 saturated carbocycles. The van der Waals surface area contributed by atoms with Gasteiger partial charge >= 0.3 is 0 Å². The van der Waals surface area contributed by atoms with E-state index in [0.717, 1.165) is 28.2 Å². The average molecular weight is 463 g/mol. The molecule has 0 radical (unpaired) electrons. The van der Waals surface area contributed by atoms with Gasteiger partial charge in [-0.2, -0.15) is 0 Å². The number of aliphatic hydroxyl groups excluding tert-OH is 1. The van der Waals surface area contributed by atoms with Crippen LogP contribution in [0.15, 0.2) is 59.5 Å². The van der Waals surface area contributed by atoms with Crippen molar-refractivity contribution < 1.29 is 18.7 Å². The van der Waals surface area contributed by atoms with Gasteiger partial charge in [-0.15, -0.1) is 0 Å². The third-order valence-corrected chi connectivity index (χ3v) is 5.76. The Labute approximate surface area is 188 Å². The van der Waals surface area contributed by atoms with Crippen LogP contribution in [0, 0.1) is 25.5 Å². The van der Waals surface area contributed by atoms with Crippen molar-refractivity contribution in [3.8, 4) is 0 Å². The first kappa shape index (κ1) is 23.1. The summed E-state index contributed by atoms with van der Waals surface area (Å²) in [5.41, 5.74) is 7.54. The number of carbonyl (C=O) groups is 1. The fourth-order valence-electron chi connectivity index (χ4n) is 3.32. The quantitative estimate of drug-likeness (QED) is 0.466. The Morgan fingerprint density at radius 2 is 1.71 bits per heavy atom. The SMILES string of the molecule is Cc1cc(C)cc(SN(CC(N)=O)c2ccc(Cl)cc2C(O)c2c(F)cccc2F)c1. The van der Waals surface area contributed by atoms with Crippen LogP contribution in [0.2, 0.25) is 5.02 Å². The van der Waals surface area contributed by atoms with Crippen molar-refractivity contribution in [1.82, 2.24) is 0 Å². The maximum Gasteiger partial charge on any atom is 0.238 e. The van der Waals surface area contributed by atoms with E-state index in [2.05, 4.69) is 0 Å². The Kier molecular flexibility index (Phi) is 7.20. The molecule has 1 atom stereocenters. The third-order valence-electron chi connectivity index (χ3n) is 4.54. The second-order valence-corrected chi connectivity index (χ2v) is 8.69. The summed E-state index contributed by atoms with van der Waals surface area (Å²) in [5.74, 6) is -2.38. The number of nitrogens with zero attached hydrogens (tertiary/aromatic N) is 1. The van der Waals surface area contributed by atoms with Crippen molar-refractivity contribution in [2.24, 2.45) is 5.73 Å². The summed E-state index contributed by atoms with van der Waals surface area (Å²) in [6.07, 6.45) is -1.65. The van der Waals surface area contributed by atoms with Crippen LogP contribution in [-0.4, -0.2) is 17.6 Å². The summed E-state index contributed by atoms with van der Waals surface area (Å²) in [6, 6.07) is 13.8. The van der Waals surface area contributed by atoms with Crippen molar-refractivity contribution in [2.75, 3.05) is 10.8 Å². The molecule has 3 N–H and O–H groups in total. The number of halogens is 3. The van der Waals surface area contributed by atoms with Gasteiger partial charge in [0.2, 0.25) is 5.91 Å². The molecule has 1 amide bonds. The molecule has 4 nitrogen and oxygen atoms in total. The summed E-state index contributed by atoms with van der Waals surface area (Å²) >= 11 is 7.35. The maximum atomic E-state index is 14.3. The Morgan fingerprint density at radius 3 is 2.29 bits per heavy atom. The van der Waals surface area contributed by atoms with Crippen LogP contribution >= 0.6 is 23.5 Å². The molecule has 0 bridgehead atoms. The summed E-state index contributed by atoms with van der Waals surface area (Å²) in [7, 11) is 0. The zero-order valence-electron chi connectivity index (χ0n) is 16.9. The van der Waals surface area contributed by atoms with Gasteiger partial charge in [-0.05, 0) is 79.4 Å². The van der Waals surface area contributed by atoms with Crippen molar-refractivity contribution >= 4 is 35.1 Å². The first-order chi connectivity index (χ1) is 14.7. The number of amides is 1. The molecular formula is C23H21ClF2N2O2S. The number of carbonyl (C=O) groups excluding carboxylic acids is 1. The first-order valence-corrected chi connectivity index (χ1v) is 10.5. The number of hydrogen-bond acceptors (Lipinski definition) is 4. The van der Waals surface area contributed by atoms with Crippen LogP contribution < -0.4 is 10.0 Å². The molecule has 31 heavy (non-hydrogen) atoms. The van der Waals surface area contributed by atoms with Crippen LogP contribution in [-0.2, 0) is 4.79 Å². The molecule has 0 aliphatic carbocycles. The lowest BCUT2D eigenvalue weighted by molar-refractivity contribution is -0.116.